The Morgan fingerprint density at radius 3 is 2.73 bits per heavy atom. The molecule has 0 aliphatic heterocycles. The molecule has 0 aromatic carbocycles. The van der Waals surface area contributed by atoms with Crippen LogP contribution in [0.1, 0.15) is 19.5 Å². The van der Waals surface area contributed by atoms with Gasteiger partial charge in [-0.1, -0.05) is 13.8 Å². The standard InChI is InChI=1S/C17H24N6O3/c1-10(2)14(18)16(25)20-9-13(24)21-15-11(3)22-23(4)17(15)26-12-6-5-7-19-8-12/h5-8,10,14H,9,18H2,1-4H3,(H,20,25)(H,21,24)/t14-/m0/s1. The van der Waals surface area contributed by atoms with E-state index in [1.54, 1.807) is 38.5 Å². The van der Waals surface area contributed by atoms with Gasteiger partial charge in [-0.2, -0.15) is 5.10 Å². The fourth-order valence-electron chi connectivity index (χ4n) is 2.19. The second kappa shape index (κ2) is 8.43. The maximum Gasteiger partial charge on any atom is 0.243 e. The molecule has 0 unspecified atom stereocenters. The maximum atomic E-state index is 12.2. The first-order valence-electron chi connectivity index (χ1n) is 8.24. The van der Waals surface area contributed by atoms with Crippen molar-refractivity contribution < 1.29 is 14.3 Å². The molecule has 0 radical (unpaired) electrons. The van der Waals surface area contributed by atoms with E-state index in [0.29, 0.717) is 23.0 Å². The number of aryl methyl sites for hydroxylation is 2. The number of hydrogen-bond donors (Lipinski definition) is 3. The monoisotopic (exact) mass is 360 g/mol. The van der Waals surface area contributed by atoms with E-state index in [1.807, 2.05) is 13.8 Å². The Hall–Kier alpha value is -2.94. The Labute approximate surface area is 151 Å². The molecule has 2 aromatic heterocycles. The van der Waals surface area contributed by atoms with Gasteiger partial charge in [0.1, 0.15) is 11.4 Å². The van der Waals surface area contributed by atoms with Gasteiger partial charge in [0.2, 0.25) is 17.7 Å². The molecule has 9 nitrogen and oxygen atoms in total. The van der Waals surface area contributed by atoms with Gasteiger partial charge in [-0.15, -0.1) is 0 Å². The molecule has 1 atom stereocenters. The first-order chi connectivity index (χ1) is 12.3. The molecule has 0 saturated heterocycles. The highest BCUT2D eigenvalue weighted by atomic mass is 16.5. The number of pyridine rings is 1. The van der Waals surface area contributed by atoms with Gasteiger partial charge >= 0.3 is 0 Å². The fourth-order valence-corrected chi connectivity index (χ4v) is 2.19. The second-order valence-electron chi connectivity index (χ2n) is 6.22. The number of nitrogens with two attached hydrogens (primary N) is 1. The van der Waals surface area contributed by atoms with Crippen molar-refractivity contribution in [3.63, 3.8) is 0 Å². The van der Waals surface area contributed by atoms with E-state index in [2.05, 4.69) is 20.7 Å². The van der Waals surface area contributed by atoms with E-state index in [-0.39, 0.29) is 18.4 Å². The molecule has 2 heterocycles. The highest BCUT2D eigenvalue weighted by Gasteiger charge is 2.20. The third kappa shape index (κ3) is 4.79. The summed E-state index contributed by atoms with van der Waals surface area (Å²) in [5.74, 6) is 0.0979. The summed E-state index contributed by atoms with van der Waals surface area (Å²) in [6.45, 7) is 5.23. The van der Waals surface area contributed by atoms with Crippen LogP contribution in [0.2, 0.25) is 0 Å². The van der Waals surface area contributed by atoms with Crippen LogP contribution in [0, 0.1) is 12.8 Å². The zero-order valence-electron chi connectivity index (χ0n) is 15.3. The molecule has 0 aliphatic carbocycles. The van der Waals surface area contributed by atoms with Gasteiger partial charge in [-0.25, -0.2) is 4.68 Å². The first kappa shape index (κ1) is 19.4. The number of hydrogen-bond acceptors (Lipinski definition) is 6. The van der Waals surface area contributed by atoms with Gasteiger partial charge < -0.3 is 21.1 Å². The van der Waals surface area contributed by atoms with E-state index in [9.17, 15) is 9.59 Å². The molecule has 0 bridgehead atoms. The molecule has 2 amide bonds. The van der Waals surface area contributed by atoms with Crippen molar-refractivity contribution in [1.82, 2.24) is 20.1 Å². The van der Waals surface area contributed by atoms with Crippen molar-refractivity contribution >= 4 is 17.5 Å². The highest BCUT2D eigenvalue weighted by Crippen LogP contribution is 2.31. The van der Waals surface area contributed by atoms with Gasteiger partial charge in [0, 0.05) is 13.2 Å². The minimum absolute atomic E-state index is 0.0156. The molecule has 140 valence electrons. The van der Waals surface area contributed by atoms with Crippen molar-refractivity contribution in [2.24, 2.45) is 18.7 Å². The van der Waals surface area contributed by atoms with Gasteiger partial charge in [-0.05, 0) is 25.0 Å². The third-order valence-electron chi connectivity index (χ3n) is 3.73. The van der Waals surface area contributed by atoms with Gasteiger partial charge in [0.25, 0.3) is 0 Å². The number of anilines is 1. The molecule has 0 aliphatic rings. The van der Waals surface area contributed by atoms with Crippen molar-refractivity contribution in [2.45, 2.75) is 26.8 Å². The Bertz CT molecular complexity index is 772. The van der Waals surface area contributed by atoms with E-state index >= 15 is 0 Å². The highest BCUT2D eigenvalue weighted by molar-refractivity contribution is 5.96. The lowest BCUT2D eigenvalue weighted by molar-refractivity contribution is -0.125. The molecule has 26 heavy (non-hydrogen) atoms. The lowest BCUT2D eigenvalue weighted by Crippen LogP contribution is -2.46. The summed E-state index contributed by atoms with van der Waals surface area (Å²) in [5.41, 5.74) is 6.78. The normalized spacial score (nSPS) is 11.9. The van der Waals surface area contributed by atoms with Crippen LogP contribution in [0.25, 0.3) is 0 Å². The molecule has 2 aromatic rings. The summed E-state index contributed by atoms with van der Waals surface area (Å²) >= 11 is 0. The van der Waals surface area contributed by atoms with E-state index in [0.717, 1.165) is 0 Å². The van der Waals surface area contributed by atoms with Crippen molar-refractivity contribution in [3.05, 3.63) is 30.2 Å². The van der Waals surface area contributed by atoms with Crippen molar-refractivity contribution in [3.8, 4) is 11.6 Å². The number of nitrogens with one attached hydrogen (secondary N) is 2. The molecular weight excluding hydrogens is 336 g/mol. The fraction of sp³-hybridized carbons (Fsp3) is 0.412. The SMILES string of the molecule is Cc1nn(C)c(Oc2cccnc2)c1NC(=O)CNC(=O)[C@@H](N)C(C)C. The van der Waals surface area contributed by atoms with Crippen molar-refractivity contribution in [1.29, 1.82) is 0 Å². The number of amides is 2. The number of carbonyl (C=O) groups excluding carboxylic acids is 2. The predicted octanol–water partition coefficient (Wildman–Crippen LogP) is 0.954. The second-order valence-corrected chi connectivity index (χ2v) is 6.22. The zero-order chi connectivity index (χ0) is 19.3. The number of ether oxygens (including phenoxy) is 1. The third-order valence-corrected chi connectivity index (χ3v) is 3.73. The molecule has 9 heteroatoms. The van der Waals surface area contributed by atoms with E-state index in [1.165, 1.54) is 4.68 Å². The van der Waals surface area contributed by atoms with Gasteiger partial charge in [-0.3, -0.25) is 14.6 Å². The molecule has 0 fully saturated rings. The quantitative estimate of drug-likeness (QED) is 0.675. The maximum absolute atomic E-state index is 12.2. The van der Waals surface area contributed by atoms with Gasteiger partial charge in [0.15, 0.2) is 0 Å². The van der Waals surface area contributed by atoms with Crippen LogP contribution < -0.4 is 21.1 Å². The Kier molecular flexibility index (Phi) is 6.29. The summed E-state index contributed by atoms with van der Waals surface area (Å²) in [5, 5.41) is 9.50. The number of rotatable bonds is 7. The smallest absolute Gasteiger partial charge is 0.243 e. The average molecular weight is 360 g/mol. The Balaban J connectivity index is 2.05. The number of aromatic nitrogens is 3. The molecular formula is C17H24N6O3. The lowest BCUT2D eigenvalue weighted by atomic mass is 10.1. The van der Waals surface area contributed by atoms with Gasteiger partial charge in [0.05, 0.1) is 24.5 Å². The first-order valence-corrected chi connectivity index (χ1v) is 8.24. The van der Waals surface area contributed by atoms with E-state index in [4.69, 9.17) is 10.5 Å². The average Bonchev–Trinajstić information content (AvgIpc) is 2.86. The number of carbonyl (C=O) groups is 2. The van der Waals surface area contributed by atoms with Crippen LogP contribution in [0.3, 0.4) is 0 Å². The van der Waals surface area contributed by atoms with Crippen molar-refractivity contribution in [2.75, 3.05) is 11.9 Å². The Morgan fingerprint density at radius 1 is 1.38 bits per heavy atom. The van der Waals surface area contributed by atoms with E-state index < -0.39 is 11.9 Å². The largest absolute Gasteiger partial charge is 0.436 e. The minimum Gasteiger partial charge on any atom is -0.436 e. The molecule has 2 rings (SSSR count). The van der Waals surface area contributed by atoms with Crippen LogP contribution in [-0.4, -0.2) is 39.2 Å². The Morgan fingerprint density at radius 2 is 2.12 bits per heavy atom. The lowest BCUT2D eigenvalue weighted by Gasteiger charge is -2.15. The zero-order valence-corrected chi connectivity index (χ0v) is 15.3. The summed E-state index contributed by atoms with van der Waals surface area (Å²) < 4.78 is 7.29. The summed E-state index contributed by atoms with van der Waals surface area (Å²) in [6.07, 6.45) is 3.19. The van der Waals surface area contributed by atoms with Crippen LogP contribution in [0.15, 0.2) is 24.5 Å². The van der Waals surface area contributed by atoms with Crippen LogP contribution >= 0.6 is 0 Å². The van der Waals surface area contributed by atoms with Crippen LogP contribution in [0.4, 0.5) is 5.69 Å². The number of nitrogens with zero attached hydrogens (tertiary/aromatic N) is 3. The minimum atomic E-state index is -0.660. The molecule has 4 N–H and O–H groups in total. The molecule has 0 saturated carbocycles. The van der Waals surface area contributed by atoms with Crippen LogP contribution in [-0.2, 0) is 16.6 Å². The predicted molar refractivity (Wildman–Crippen MR) is 96.7 cm³/mol. The molecule has 0 spiro atoms. The summed E-state index contributed by atoms with van der Waals surface area (Å²) in [6, 6.07) is 2.83. The summed E-state index contributed by atoms with van der Waals surface area (Å²) in [4.78, 5) is 28.0. The summed E-state index contributed by atoms with van der Waals surface area (Å²) in [7, 11) is 1.71. The topological polar surface area (TPSA) is 124 Å². The van der Waals surface area contributed by atoms with Crippen LogP contribution in [0.5, 0.6) is 11.6 Å².